The summed E-state index contributed by atoms with van der Waals surface area (Å²) in [5, 5.41) is 2.97. The highest BCUT2D eigenvalue weighted by atomic mass is 16.2. The molecular formula is C17H23N3O2. The molecule has 0 unspecified atom stereocenters. The minimum atomic E-state index is -0.0772. The number of rotatable bonds is 4. The van der Waals surface area contributed by atoms with E-state index in [-0.39, 0.29) is 17.7 Å². The highest BCUT2D eigenvalue weighted by molar-refractivity contribution is 5.95. The summed E-state index contributed by atoms with van der Waals surface area (Å²) < 4.78 is 0. The fourth-order valence-corrected chi connectivity index (χ4v) is 3.57. The molecule has 0 aromatic carbocycles. The molecule has 3 rings (SSSR count). The molecule has 0 radical (unpaired) electrons. The van der Waals surface area contributed by atoms with Crippen LogP contribution in [0.2, 0.25) is 0 Å². The molecule has 0 spiro atoms. The van der Waals surface area contributed by atoms with Crippen molar-refractivity contribution >= 4 is 11.8 Å². The maximum absolute atomic E-state index is 12.2. The van der Waals surface area contributed by atoms with Crippen molar-refractivity contribution in [3.8, 4) is 0 Å². The number of amides is 2. The van der Waals surface area contributed by atoms with Gasteiger partial charge in [0.25, 0.3) is 5.91 Å². The summed E-state index contributed by atoms with van der Waals surface area (Å²) in [4.78, 5) is 30.4. The third kappa shape index (κ3) is 3.13. The standard InChI is InChI=1S/C17H23N3O2/c1-12-9-18-7-6-15(12)17(22)19-10-13-8-16(21)20(11-13)14-4-2-3-5-14/h6-7,9,13-14H,2-5,8,10-11H2,1H3,(H,19,22)/t13-/m1/s1. The van der Waals surface area contributed by atoms with Gasteiger partial charge >= 0.3 is 0 Å². The maximum Gasteiger partial charge on any atom is 0.251 e. The van der Waals surface area contributed by atoms with Crippen LogP contribution in [0.3, 0.4) is 0 Å². The Labute approximate surface area is 131 Å². The number of aryl methyl sites for hydroxylation is 1. The van der Waals surface area contributed by atoms with E-state index in [1.807, 2.05) is 11.8 Å². The van der Waals surface area contributed by atoms with Crippen molar-refractivity contribution in [1.29, 1.82) is 0 Å². The molecule has 5 nitrogen and oxygen atoms in total. The lowest BCUT2D eigenvalue weighted by atomic mass is 10.1. The van der Waals surface area contributed by atoms with E-state index in [0.29, 0.717) is 24.6 Å². The van der Waals surface area contributed by atoms with Crippen LogP contribution in [-0.4, -0.2) is 40.8 Å². The van der Waals surface area contributed by atoms with Crippen LogP contribution in [0.25, 0.3) is 0 Å². The van der Waals surface area contributed by atoms with Crippen LogP contribution in [0, 0.1) is 12.8 Å². The van der Waals surface area contributed by atoms with E-state index in [2.05, 4.69) is 10.3 Å². The van der Waals surface area contributed by atoms with Crippen LogP contribution in [0.4, 0.5) is 0 Å². The number of hydrogen-bond acceptors (Lipinski definition) is 3. The van der Waals surface area contributed by atoms with Crippen molar-refractivity contribution in [2.75, 3.05) is 13.1 Å². The molecule has 1 aromatic heterocycles. The Morgan fingerprint density at radius 2 is 2.18 bits per heavy atom. The second-order valence-electron chi connectivity index (χ2n) is 6.46. The predicted octanol–water partition coefficient (Wildman–Crippen LogP) is 1.91. The molecule has 2 heterocycles. The van der Waals surface area contributed by atoms with Crippen LogP contribution in [0.5, 0.6) is 0 Å². The molecular weight excluding hydrogens is 278 g/mol. The summed E-state index contributed by atoms with van der Waals surface area (Å²) in [6, 6.07) is 2.17. The van der Waals surface area contributed by atoms with Gasteiger partial charge in [0.2, 0.25) is 5.91 Å². The number of nitrogens with zero attached hydrogens (tertiary/aromatic N) is 2. The highest BCUT2D eigenvalue weighted by Crippen LogP contribution is 2.29. The number of aromatic nitrogens is 1. The van der Waals surface area contributed by atoms with Gasteiger partial charge < -0.3 is 10.2 Å². The second-order valence-corrected chi connectivity index (χ2v) is 6.46. The van der Waals surface area contributed by atoms with Gasteiger partial charge in [-0.15, -0.1) is 0 Å². The van der Waals surface area contributed by atoms with Gasteiger partial charge in [-0.05, 0) is 31.4 Å². The van der Waals surface area contributed by atoms with Gasteiger partial charge in [-0.2, -0.15) is 0 Å². The first-order chi connectivity index (χ1) is 10.6. The first kappa shape index (κ1) is 15.0. The van der Waals surface area contributed by atoms with Gasteiger partial charge in [0.15, 0.2) is 0 Å². The minimum absolute atomic E-state index is 0.0772. The molecule has 0 bridgehead atoms. The van der Waals surface area contributed by atoms with Gasteiger partial charge in [0.05, 0.1) is 0 Å². The molecule has 1 saturated heterocycles. The van der Waals surface area contributed by atoms with Gasteiger partial charge in [0.1, 0.15) is 0 Å². The number of carbonyl (C=O) groups is 2. The lowest BCUT2D eigenvalue weighted by Crippen LogP contribution is -2.36. The van der Waals surface area contributed by atoms with Gasteiger partial charge in [-0.25, -0.2) is 0 Å². The first-order valence-corrected chi connectivity index (χ1v) is 8.13. The Morgan fingerprint density at radius 1 is 1.41 bits per heavy atom. The number of pyridine rings is 1. The molecule has 1 saturated carbocycles. The molecule has 1 aliphatic carbocycles. The molecule has 2 fully saturated rings. The maximum atomic E-state index is 12.2. The number of likely N-dealkylation sites (tertiary alicyclic amines) is 1. The zero-order chi connectivity index (χ0) is 15.5. The Bertz CT molecular complexity index is 567. The lowest BCUT2D eigenvalue weighted by Gasteiger charge is -2.24. The van der Waals surface area contributed by atoms with Crippen LogP contribution >= 0.6 is 0 Å². The fraction of sp³-hybridized carbons (Fsp3) is 0.588. The SMILES string of the molecule is Cc1cnccc1C(=O)NC[C@H]1CC(=O)N(C2CCCC2)C1. The molecule has 5 heteroatoms. The summed E-state index contributed by atoms with van der Waals surface area (Å²) in [5.41, 5.74) is 1.53. The Balaban J connectivity index is 1.53. The molecule has 1 aliphatic heterocycles. The van der Waals surface area contributed by atoms with Crippen molar-refractivity contribution in [2.24, 2.45) is 5.92 Å². The molecule has 1 atom stereocenters. The summed E-state index contributed by atoms with van der Waals surface area (Å²) >= 11 is 0. The zero-order valence-electron chi connectivity index (χ0n) is 13.0. The molecule has 2 aliphatic rings. The molecule has 2 amide bonds. The zero-order valence-corrected chi connectivity index (χ0v) is 13.0. The normalized spacial score (nSPS) is 22.3. The first-order valence-electron chi connectivity index (χ1n) is 8.13. The van der Waals surface area contributed by atoms with Crippen molar-refractivity contribution in [3.63, 3.8) is 0 Å². The largest absolute Gasteiger partial charge is 0.352 e. The van der Waals surface area contributed by atoms with Crippen molar-refractivity contribution in [3.05, 3.63) is 29.6 Å². The average molecular weight is 301 g/mol. The highest BCUT2D eigenvalue weighted by Gasteiger charge is 2.35. The Morgan fingerprint density at radius 3 is 2.91 bits per heavy atom. The van der Waals surface area contributed by atoms with E-state index in [4.69, 9.17) is 0 Å². The molecule has 118 valence electrons. The van der Waals surface area contributed by atoms with Gasteiger partial charge in [0, 0.05) is 49.4 Å². The van der Waals surface area contributed by atoms with E-state index < -0.39 is 0 Å². The van der Waals surface area contributed by atoms with Crippen molar-refractivity contribution < 1.29 is 9.59 Å². The third-order valence-electron chi connectivity index (χ3n) is 4.82. The molecule has 1 N–H and O–H groups in total. The topological polar surface area (TPSA) is 62.3 Å². The molecule has 22 heavy (non-hydrogen) atoms. The summed E-state index contributed by atoms with van der Waals surface area (Å²) in [6.45, 7) is 3.23. The van der Waals surface area contributed by atoms with Crippen molar-refractivity contribution in [2.45, 2.75) is 45.1 Å². The Hall–Kier alpha value is -1.91. The average Bonchev–Trinajstić information content (AvgIpc) is 3.14. The third-order valence-corrected chi connectivity index (χ3v) is 4.82. The smallest absolute Gasteiger partial charge is 0.251 e. The lowest BCUT2D eigenvalue weighted by molar-refractivity contribution is -0.129. The van der Waals surface area contributed by atoms with E-state index in [9.17, 15) is 9.59 Å². The van der Waals surface area contributed by atoms with E-state index in [1.165, 1.54) is 12.8 Å². The van der Waals surface area contributed by atoms with Crippen LogP contribution in [0.15, 0.2) is 18.5 Å². The number of nitrogens with one attached hydrogen (secondary N) is 1. The van der Waals surface area contributed by atoms with Gasteiger partial charge in [-0.3, -0.25) is 14.6 Å². The monoisotopic (exact) mass is 301 g/mol. The second kappa shape index (κ2) is 6.46. The fourth-order valence-electron chi connectivity index (χ4n) is 3.57. The van der Waals surface area contributed by atoms with Crippen LogP contribution < -0.4 is 5.32 Å². The number of carbonyl (C=O) groups excluding carboxylic acids is 2. The van der Waals surface area contributed by atoms with Crippen LogP contribution in [0.1, 0.15) is 48.0 Å². The quantitative estimate of drug-likeness (QED) is 0.924. The van der Waals surface area contributed by atoms with E-state index in [0.717, 1.165) is 24.9 Å². The van der Waals surface area contributed by atoms with Crippen molar-refractivity contribution in [1.82, 2.24) is 15.2 Å². The summed E-state index contributed by atoms with van der Waals surface area (Å²) in [6.07, 6.45) is 8.63. The number of hydrogen-bond donors (Lipinski definition) is 1. The van der Waals surface area contributed by atoms with Crippen LogP contribution in [-0.2, 0) is 4.79 Å². The van der Waals surface area contributed by atoms with E-state index in [1.54, 1.807) is 18.5 Å². The summed E-state index contributed by atoms with van der Waals surface area (Å²) in [5.74, 6) is 0.414. The Kier molecular flexibility index (Phi) is 4.41. The predicted molar refractivity (Wildman–Crippen MR) is 83.4 cm³/mol. The minimum Gasteiger partial charge on any atom is -0.352 e. The van der Waals surface area contributed by atoms with Gasteiger partial charge in [-0.1, -0.05) is 12.8 Å². The van der Waals surface area contributed by atoms with E-state index >= 15 is 0 Å². The molecule has 1 aromatic rings. The summed E-state index contributed by atoms with van der Waals surface area (Å²) in [7, 11) is 0.